The maximum Gasteiger partial charge on any atom is 0.238 e. The largest absolute Gasteiger partial charge is 0.325 e. The first-order chi connectivity index (χ1) is 10.2. The molecule has 0 radical (unpaired) electrons. The number of rotatable bonds is 4. The molecule has 1 aromatic carbocycles. The summed E-state index contributed by atoms with van der Waals surface area (Å²) in [5.41, 5.74) is 2.19. The number of aryl methyl sites for hydroxylation is 1. The number of carbonyl (C=O) groups is 1. The molecule has 0 aromatic heterocycles. The minimum Gasteiger partial charge on any atom is -0.325 e. The molecule has 4 nitrogen and oxygen atoms in total. The second-order valence-electron chi connectivity index (χ2n) is 6.23. The molecule has 0 aliphatic carbocycles. The standard InChI is InChI=1S/C17H25N3O.ClH/c1-2-13-3-5-15(6-4-13)19-17(21)12-20-10-8-16-14(11-20)7-9-18-16;/h3-6,14,16,18H,2,7-12H2,1H3,(H,19,21);1H. The maximum absolute atomic E-state index is 12.2. The molecule has 2 aliphatic heterocycles. The van der Waals surface area contributed by atoms with Crippen molar-refractivity contribution in [2.24, 2.45) is 5.92 Å². The van der Waals surface area contributed by atoms with Crippen LogP contribution in [0.4, 0.5) is 5.69 Å². The van der Waals surface area contributed by atoms with Crippen LogP contribution in [0.3, 0.4) is 0 Å². The highest BCUT2D eigenvalue weighted by molar-refractivity contribution is 5.92. The van der Waals surface area contributed by atoms with Crippen LogP contribution < -0.4 is 10.6 Å². The molecule has 2 saturated heterocycles. The molecule has 1 amide bonds. The Morgan fingerprint density at radius 3 is 2.82 bits per heavy atom. The molecule has 2 unspecified atom stereocenters. The van der Waals surface area contributed by atoms with Crippen molar-refractivity contribution in [2.45, 2.75) is 32.2 Å². The Balaban J connectivity index is 0.00000176. The fraction of sp³-hybridized carbons (Fsp3) is 0.588. The number of hydrogen-bond donors (Lipinski definition) is 2. The van der Waals surface area contributed by atoms with E-state index in [0.717, 1.165) is 37.7 Å². The molecule has 2 aliphatic rings. The van der Waals surface area contributed by atoms with E-state index >= 15 is 0 Å². The van der Waals surface area contributed by atoms with E-state index in [-0.39, 0.29) is 18.3 Å². The number of carbonyl (C=O) groups excluding carboxylic acids is 1. The third-order valence-corrected chi connectivity index (χ3v) is 4.75. The maximum atomic E-state index is 12.2. The number of fused-ring (bicyclic) bond motifs is 1. The van der Waals surface area contributed by atoms with Crippen LogP contribution in [0.1, 0.15) is 25.3 Å². The third-order valence-electron chi connectivity index (χ3n) is 4.75. The minimum absolute atomic E-state index is 0. The molecule has 3 rings (SSSR count). The van der Waals surface area contributed by atoms with Crippen molar-refractivity contribution in [3.05, 3.63) is 29.8 Å². The average Bonchev–Trinajstić information content (AvgIpc) is 2.95. The zero-order chi connectivity index (χ0) is 14.7. The van der Waals surface area contributed by atoms with Gasteiger partial charge in [-0.15, -0.1) is 12.4 Å². The minimum atomic E-state index is 0. The lowest BCUT2D eigenvalue weighted by Gasteiger charge is -2.34. The van der Waals surface area contributed by atoms with E-state index < -0.39 is 0 Å². The van der Waals surface area contributed by atoms with Gasteiger partial charge in [0.2, 0.25) is 5.91 Å². The van der Waals surface area contributed by atoms with Gasteiger partial charge in [0.1, 0.15) is 0 Å². The van der Waals surface area contributed by atoms with Crippen molar-refractivity contribution in [1.82, 2.24) is 10.2 Å². The van der Waals surface area contributed by atoms with Crippen LogP contribution in [0.15, 0.2) is 24.3 Å². The number of halogens is 1. The molecule has 122 valence electrons. The van der Waals surface area contributed by atoms with Crippen molar-refractivity contribution in [3.8, 4) is 0 Å². The van der Waals surface area contributed by atoms with Gasteiger partial charge in [0.25, 0.3) is 0 Å². The fourth-order valence-electron chi connectivity index (χ4n) is 3.49. The van der Waals surface area contributed by atoms with Gasteiger partial charge in [-0.1, -0.05) is 19.1 Å². The summed E-state index contributed by atoms with van der Waals surface area (Å²) in [7, 11) is 0. The highest BCUT2D eigenvalue weighted by Crippen LogP contribution is 2.24. The van der Waals surface area contributed by atoms with Crippen LogP contribution in [-0.2, 0) is 11.2 Å². The topological polar surface area (TPSA) is 44.4 Å². The number of benzene rings is 1. The summed E-state index contributed by atoms with van der Waals surface area (Å²) in [5, 5.41) is 6.56. The van der Waals surface area contributed by atoms with E-state index in [9.17, 15) is 4.79 Å². The molecule has 22 heavy (non-hydrogen) atoms. The number of nitrogens with one attached hydrogen (secondary N) is 2. The van der Waals surface area contributed by atoms with Gasteiger partial charge in [-0.05, 0) is 49.4 Å². The van der Waals surface area contributed by atoms with Crippen molar-refractivity contribution >= 4 is 24.0 Å². The smallest absolute Gasteiger partial charge is 0.238 e. The molecule has 2 heterocycles. The number of hydrogen-bond acceptors (Lipinski definition) is 3. The molecular formula is C17H26ClN3O. The Kier molecular flexibility index (Phi) is 6.24. The number of piperidine rings is 1. The van der Waals surface area contributed by atoms with Crippen molar-refractivity contribution in [3.63, 3.8) is 0 Å². The fourth-order valence-corrected chi connectivity index (χ4v) is 3.49. The lowest BCUT2D eigenvalue weighted by molar-refractivity contribution is -0.117. The zero-order valence-corrected chi connectivity index (χ0v) is 14.0. The SMILES string of the molecule is CCc1ccc(NC(=O)CN2CCC3NCCC3C2)cc1.Cl. The van der Waals surface area contributed by atoms with Gasteiger partial charge in [0.15, 0.2) is 0 Å². The molecule has 1 aromatic rings. The van der Waals surface area contributed by atoms with Crippen LogP contribution >= 0.6 is 12.4 Å². The second kappa shape index (κ2) is 7.95. The Morgan fingerprint density at radius 2 is 2.09 bits per heavy atom. The number of nitrogens with zero attached hydrogens (tertiary/aromatic N) is 1. The molecule has 2 fully saturated rings. The first-order valence-corrected chi connectivity index (χ1v) is 8.09. The lowest BCUT2D eigenvalue weighted by Crippen LogP contribution is -2.46. The molecule has 5 heteroatoms. The quantitative estimate of drug-likeness (QED) is 0.893. The van der Waals surface area contributed by atoms with Crippen molar-refractivity contribution in [2.75, 3.05) is 31.5 Å². The van der Waals surface area contributed by atoms with Crippen molar-refractivity contribution < 1.29 is 4.79 Å². The Bertz CT molecular complexity index is 491. The summed E-state index contributed by atoms with van der Waals surface area (Å²) in [6.07, 6.45) is 3.45. The van der Waals surface area contributed by atoms with Gasteiger partial charge in [0.05, 0.1) is 6.54 Å². The zero-order valence-electron chi connectivity index (χ0n) is 13.2. The Hall–Kier alpha value is -1.10. The summed E-state index contributed by atoms with van der Waals surface area (Å²) in [6, 6.07) is 8.82. The summed E-state index contributed by atoms with van der Waals surface area (Å²) < 4.78 is 0. The van der Waals surface area contributed by atoms with Crippen LogP contribution in [0, 0.1) is 5.92 Å². The van der Waals surface area contributed by atoms with Gasteiger partial charge in [-0.2, -0.15) is 0 Å². The second-order valence-corrected chi connectivity index (χ2v) is 6.23. The van der Waals surface area contributed by atoms with Gasteiger partial charge in [-0.25, -0.2) is 0 Å². The van der Waals surface area contributed by atoms with Crippen LogP contribution in [0.25, 0.3) is 0 Å². The summed E-state index contributed by atoms with van der Waals surface area (Å²) >= 11 is 0. The predicted octanol–water partition coefficient (Wildman–Crippen LogP) is 2.29. The van der Waals surface area contributed by atoms with E-state index in [0.29, 0.717) is 12.6 Å². The first-order valence-electron chi connectivity index (χ1n) is 8.09. The number of likely N-dealkylation sites (tertiary alicyclic amines) is 1. The lowest BCUT2D eigenvalue weighted by atomic mass is 9.93. The molecule has 0 spiro atoms. The van der Waals surface area contributed by atoms with E-state index in [2.05, 4.69) is 34.6 Å². The van der Waals surface area contributed by atoms with E-state index in [1.165, 1.54) is 18.4 Å². The summed E-state index contributed by atoms with van der Waals surface area (Å²) in [6.45, 7) is 5.86. The predicted molar refractivity (Wildman–Crippen MR) is 92.7 cm³/mol. The molecular weight excluding hydrogens is 298 g/mol. The van der Waals surface area contributed by atoms with Gasteiger partial charge >= 0.3 is 0 Å². The molecule has 0 saturated carbocycles. The monoisotopic (exact) mass is 323 g/mol. The van der Waals surface area contributed by atoms with Gasteiger partial charge < -0.3 is 10.6 Å². The van der Waals surface area contributed by atoms with Gasteiger partial charge in [-0.3, -0.25) is 9.69 Å². The van der Waals surface area contributed by atoms with Crippen molar-refractivity contribution in [1.29, 1.82) is 0 Å². The Labute approximate surface area is 139 Å². The Morgan fingerprint density at radius 1 is 1.32 bits per heavy atom. The highest BCUT2D eigenvalue weighted by Gasteiger charge is 2.32. The van der Waals surface area contributed by atoms with Crippen LogP contribution in [-0.4, -0.2) is 43.0 Å². The van der Waals surface area contributed by atoms with Gasteiger partial charge in [0, 0.05) is 24.8 Å². The van der Waals surface area contributed by atoms with Crippen LogP contribution in [0.2, 0.25) is 0 Å². The van der Waals surface area contributed by atoms with E-state index in [4.69, 9.17) is 0 Å². The first kappa shape index (κ1) is 17.3. The van der Waals surface area contributed by atoms with Crippen LogP contribution in [0.5, 0.6) is 0 Å². The third kappa shape index (κ3) is 4.22. The molecule has 0 bridgehead atoms. The highest BCUT2D eigenvalue weighted by atomic mass is 35.5. The molecule has 2 N–H and O–H groups in total. The number of amides is 1. The summed E-state index contributed by atoms with van der Waals surface area (Å²) in [5.74, 6) is 0.832. The van der Waals surface area contributed by atoms with E-state index in [1.807, 2.05) is 12.1 Å². The average molecular weight is 324 g/mol. The number of anilines is 1. The summed E-state index contributed by atoms with van der Waals surface area (Å²) in [4.78, 5) is 14.5. The molecule has 2 atom stereocenters. The van der Waals surface area contributed by atoms with E-state index in [1.54, 1.807) is 0 Å². The normalized spacial score (nSPS) is 24.4.